The van der Waals surface area contributed by atoms with Gasteiger partial charge in [-0.15, -0.1) is 0 Å². The molecule has 0 saturated heterocycles. The number of hydrogen-bond acceptors (Lipinski definition) is 4. The highest BCUT2D eigenvalue weighted by atomic mass is 16.5. The Morgan fingerprint density at radius 2 is 2.05 bits per heavy atom. The van der Waals surface area contributed by atoms with Gasteiger partial charge in [-0.3, -0.25) is 9.78 Å². The molecule has 1 N–H and O–H groups in total. The molecule has 2 rings (SSSR count). The van der Waals surface area contributed by atoms with E-state index in [0.29, 0.717) is 17.9 Å². The average Bonchev–Trinajstić information content (AvgIpc) is 2.54. The first kappa shape index (κ1) is 14.5. The van der Waals surface area contributed by atoms with Crippen LogP contribution in [0.15, 0.2) is 48.8 Å². The Morgan fingerprint density at radius 1 is 1.33 bits per heavy atom. The van der Waals surface area contributed by atoms with Crippen molar-refractivity contribution in [1.29, 1.82) is 5.26 Å². The summed E-state index contributed by atoms with van der Waals surface area (Å²) in [6.07, 6.45) is 3.63. The number of pyridine rings is 1. The van der Waals surface area contributed by atoms with Crippen LogP contribution in [0.2, 0.25) is 0 Å². The van der Waals surface area contributed by atoms with Crippen molar-refractivity contribution in [3.63, 3.8) is 0 Å². The van der Waals surface area contributed by atoms with Crippen molar-refractivity contribution in [2.24, 2.45) is 5.92 Å². The first-order valence-electron chi connectivity index (χ1n) is 6.47. The van der Waals surface area contributed by atoms with Crippen molar-refractivity contribution in [1.82, 2.24) is 4.98 Å². The molecule has 5 heteroatoms. The van der Waals surface area contributed by atoms with Crippen LogP contribution >= 0.6 is 0 Å². The van der Waals surface area contributed by atoms with Crippen LogP contribution in [0.1, 0.15) is 5.56 Å². The molecule has 1 aromatic carbocycles. The molecule has 1 amide bonds. The molecule has 21 heavy (non-hydrogen) atoms. The van der Waals surface area contributed by atoms with Gasteiger partial charge in [0.15, 0.2) is 0 Å². The van der Waals surface area contributed by atoms with Crippen LogP contribution in [-0.2, 0) is 11.2 Å². The Kier molecular flexibility index (Phi) is 4.89. The largest absolute Gasteiger partial charge is 0.495 e. The van der Waals surface area contributed by atoms with Crippen molar-refractivity contribution in [3.05, 3.63) is 54.4 Å². The number of nitriles is 1. The van der Waals surface area contributed by atoms with E-state index in [4.69, 9.17) is 4.74 Å². The summed E-state index contributed by atoms with van der Waals surface area (Å²) < 4.78 is 5.17. The van der Waals surface area contributed by atoms with Gasteiger partial charge in [0.2, 0.25) is 5.91 Å². The molecule has 0 aliphatic heterocycles. The predicted molar refractivity (Wildman–Crippen MR) is 78.7 cm³/mol. The highest BCUT2D eigenvalue weighted by Gasteiger charge is 2.19. The number of nitrogens with one attached hydrogen (secondary N) is 1. The van der Waals surface area contributed by atoms with Crippen LogP contribution in [0.25, 0.3) is 0 Å². The van der Waals surface area contributed by atoms with E-state index in [-0.39, 0.29) is 5.91 Å². The van der Waals surface area contributed by atoms with Gasteiger partial charge in [0.05, 0.1) is 18.9 Å². The number of anilines is 1. The minimum atomic E-state index is -0.766. The van der Waals surface area contributed by atoms with Gasteiger partial charge in [0, 0.05) is 12.4 Å². The van der Waals surface area contributed by atoms with E-state index in [9.17, 15) is 10.1 Å². The first-order chi connectivity index (χ1) is 10.2. The second kappa shape index (κ2) is 7.06. The minimum Gasteiger partial charge on any atom is -0.495 e. The smallest absolute Gasteiger partial charge is 0.242 e. The van der Waals surface area contributed by atoms with E-state index >= 15 is 0 Å². The van der Waals surface area contributed by atoms with Crippen LogP contribution in [0, 0.1) is 17.2 Å². The van der Waals surface area contributed by atoms with Gasteiger partial charge in [-0.2, -0.15) is 5.26 Å². The van der Waals surface area contributed by atoms with Crippen LogP contribution in [-0.4, -0.2) is 18.0 Å². The third-order valence-corrected chi connectivity index (χ3v) is 3.03. The molecule has 0 bridgehead atoms. The van der Waals surface area contributed by atoms with E-state index < -0.39 is 5.92 Å². The zero-order valence-corrected chi connectivity index (χ0v) is 11.6. The summed E-state index contributed by atoms with van der Waals surface area (Å²) in [5, 5.41) is 11.9. The molecule has 0 aliphatic rings. The lowest BCUT2D eigenvalue weighted by Gasteiger charge is -2.12. The molecule has 2 aromatic rings. The van der Waals surface area contributed by atoms with Crippen molar-refractivity contribution in [2.75, 3.05) is 12.4 Å². The lowest BCUT2D eigenvalue weighted by molar-refractivity contribution is -0.118. The molecule has 0 radical (unpaired) electrons. The summed E-state index contributed by atoms with van der Waals surface area (Å²) in [4.78, 5) is 16.1. The fourth-order valence-corrected chi connectivity index (χ4v) is 1.92. The first-order valence-corrected chi connectivity index (χ1v) is 6.47. The van der Waals surface area contributed by atoms with Gasteiger partial charge < -0.3 is 10.1 Å². The number of aromatic nitrogens is 1. The molecule has 0 saturated carbocycles. The minimum absolute atomic E-state index is 0.347. The number of nitrogens with zero attached hydrogens (tertiary/aromatic N) is 2. The summed E-state index contributed by atoms with van der Waals surface area (Å²) in [7, 11) is 1.53. The normalized spacial score (nSPS) is 11.2. The van der Waals surface area contributed by atoms with Gasteiger partial charge >= 0.3 is 0 Å². The van der Waals surface area contributed by atoms with E-state index in [1.165, 1.54) is 7.11 Å². The average molecular weight is 281 g/mol. The number of carbonyl (C=O) groups excluding carboxylic acids is 1. The van der Waals surface area contributed by atoms with Gasteiger partial charge in [-0.25, -0.2) is 0 Å². The van der Waals surface area contributed by atoms with Crippen LogP contribution in [0.3, 0.4) is 0 Å². The topological polar surface area (TPSA) is 75.0 Å². The molecule has 1 atom stereocenters. The second-order valence-corrected chi connectivity index (χ2v) is 4.43. The molecule has 1 heterocycles. The van der Waals surface area contributed by atoms with Crippen molar-refractivity contribution >= 4 is 11.6 Å². The number of para-hydroxylation sites is 2. The number of methoxy groups -OCH3 is 1. The van der Waals surface area contributed by atoms with Crippen LogP contribution in [0.4, 0.5) is 5.69 Å². The zero-order valence-electron chi connectivity index (χ0n) is 11.6. The van der Waals surface area contributed by atoms with Gasteiger partial charge in [0.1, 0.15) is 11.7 Å². The molecule has 106 valence electrons. The maximum absolute atomic E-state index is 12.2. The van der Waals surface area contributed by atoms with Crippen molar-refractivity contribution in [3.8, 4) is 11.8 Å². The Morgan fingerprint density at radius 3 is 2.71 bits per heavy atom. The monoisotopic (exact) mass is 281 g/mol. The Labute approximate surface area is 123 Å². The molecule has 5 nitrogen and oxygen atoms in total. The van der Waals surface area contributed by atoms with E-state index in [1.54, 1.807) is 42.7 Å². The number of hydrogen-bond donors (Lipinski definition) is 1. The summed E-state index contributed by atoms with van der Waals surface area (Å²) in [5.74, 6) is -0.553. The third-order valence-electron chi connectivity index (χ3n) is 3.03. The van der Waals surface area contributed by atoms with E-state index in [1.807, 2.05) is 12.1 Å². The Hall–Kier alpha value is -2.87. The molecular formula is C16H15N3O2. The lowest BCUT2D eigenvalue weighted by atomic mass is 10.0. The zero-order chi connectivity index (χ0) is 15.1. The van der Waals surface area contributed by atoms with Gasteiger partial charge in [-0.1, -0.05) is 12.1 Å². The van der Waals surface area contributed by atoms with Crippen molar-refractivity contribution in [2.45, 2.75) is 6.42 Å². The van der Waals surface area contributed by atoms with E-state index in [0.717, 1.165) is 5.56 Å². The standard InChI is InChI=1S/C16H15N3O2/c1-21-15-5-3-2-4-14(15)19-16(20)13(11-17)10-12-6-8-18-9-7-12/h2-9,13H,10H2,1H3,(H,19,20)/t13-/m1/s1. The van der Waals surface area contributed by atoms with Gasteiger partial charge in [-0.05, 0) is 36.2 Å². The number of ether oxygens (including phenoxy) is 1. The molecule has 0 unspecified atom stereocenters. The summed E-state index contributed by atoms with van der Waals surface area (Å²) in [6, 6.07) is 12.7. The van der Waals surface area contributed by atoms with Crippen LogP contribution < -0.4 is 10.1 Å². The fraction of sp³-hybridized carbons (Fsp3) is 0.188. The Balaban J connectivity index is 2.09. The summed E-state index contributed by atoms with van der Waals surface area (Å²) in [5.41, 5.74) is 1.45. The third kappa shape index (κ3) is 3.80. The predicted octanol–water partition coefficient (Wildman–Crippen LogP) is 2.41. The van der Waals surface area contributed by atoms with E-state index in [2.05, 4.69) is 10.3 Å². The quantitative estimate of drug-likeness (QED) is 0.913. The lowest BCUT2D eigenvalue weighted by Crippen LogP contribution is -2.23. The van der Waals surface area contributed by atoms with Crippen LogP contribution in [0.5, 0.6) is 5.75 Å². The number of rotatable bonds is 5. The summed E-state index contributed by atoms with van der Waals surface area (Å²) in [6.45, 7) is 0. The molecule has 0 spiro atoms. The number of amides is 1. The highest BCUT2D eigenvalue weighted by Crippen LogP contribution is 2.23. The molecule has 1 aromatic heterocycles. The molecular weight excluding hydrogens is 266 g/mol. The second-order valence-electron chi connectivity index (χ2n) is 4.43. The number of carbonyl (C=O) groups is 1. The fourth-order valence-electron chi connectivity index (χ4n) is 1.92. The summed E-state index contributed by atoms with van der Waals surface area (Å²) >= 11 is 0. The molecule has 0 fully saturated rings. The van der Waals surface area contributed by atoms with Crippen molar-refractivity contribution < 1.29 is 9.53 Å². The Bertz CT molecular complexity index is 650. The maximum Gasteiger partial charge on any atom is 0.242 e. The SMILES string of the molecule is COc1ccccc1NC(=O)[C@@H](C#N)Cc1ccncc1. The maximum atomic E-state index is 12.2. The number of benzene rings is 1. The highest BCUT2D eigenvalue weighted by molar-refractivity contribution is 5.95. The van der Waals surface area contributed by atoms with Gasteiger partial charge in [0.25, 0.3) is 0 Å². The molecule has 0 aliphatic carbocycles.